The molecule has 2 N–H and O–H groups in total. The number of hydrogen-bond donors (Lipinski definition) is 1. The molecular formula is C13H15F3N4O. The average molecular weight is 300 g/mol. The van der Waals surface area contributed by atoms with Gasteiger partial charge in [0, 0.05) is 6.54 Å². The smallest absolute Gasteiger partial charge is 0.334 e. The summed E-state index contributed by atoms with van der Waals surface area (Å²) in [5.74, 6) is -0.0113. The Bertz CT molecular complexity index is 609. The van der Waals surface area contributed by atoms with Crippen LogP contribution in [0.25, 0.3) is 11.5 Å². The van der Waals surface area contributed by atoms with Gasteiger partial charge in [-0.05, 0) is 26.2 Å². The van der Waals surface area contributed by atoms with Crippen molar-refractivity contribution in [2.24, 2.45) is 5.73 Å². The van der Waals surface area contributed by atoms with Gasteiger partial charge in [-0.1, -0.05) is 17.3 Å². The fraction of sp³-hybridized carbons (Fsp3) is 0.385. The standard InChI is InChI=1S/C13H15F3N4O/c1-20(2)7-10(17)11-18-12(21-19-11)8-5-3-4-6-9(8)13(14,15)16/h3-6,10H,7,17H2,1-2H3. The Morgan fingerprint density at radius 1 is 1.29 bits per heavy atom. The van der Waals surface area contributed by atoms with Crippen molar-refractivity contribution < 1.29 is 17.7 Å². The van der Waals surface area contributed by atoms with Gasteiger partial charge >= 0.3 is 6.18 Å². The molecule has 1 unspecified atom stereocenters. The van der Waals surface area contributed by atoms with Crippen LogP contribution in [0.1, 0.15) is 17.4 Å². The third-order valence-electron chi connectivity index (χ3n) is 2.80. The van der Waals surface area contributed by atoms with Crippen LogP contribution in [0.3, 0.4) is 0 Å². The molecule has 0 saturated carbocycles. The molecule has 0 amide bonds. The maximum Gasteiger partial charge on any atom is 0.417 e. The van der Waals surface area contributed by atoms with E-state index < -0.39 is 17.8 Å². The molecular weight excluding hydrogens is 285 g/mol. The highest BCUT2D eigenvalue weighted by molar-refractivity contribution is 5.59. The fourth-order valence-electron chi connectivity index (χ4n) is 1.89. The van der Waals surface area contributed by atoms with Gasteiger partial charge in [0.25, 0.3) is 5.89 Å². The summed E-state index contributed by atoms with van der Waals surface area (Å²) >= 11 is 0. The molecule has 0 fully saturated rings. The maximum absolute atomic E-state index is 13.0. The Hall–Kier alpha value is -1.93. The van der Waals surface area contributed by atoms with Crippen molar-refractivity contribution in [1.29, 1.82) is 0 Å². The predicted molar refractivity (Wildman–Crippen MR) is 70.2 cm³/mol. The lowest BCUT2D eigenvalue weighted by molar-refractivity contribution is -0.137. The molecule has 0 saturated heterocycles. The summed E-state index contributed by atoms with van der Waals surface area (Å²) in [6.07, 6.45) is -4.49. The van der Waals surface area contributed by atoms with E-state index >= 15 is 0 Å². The first-order chi connectivity index (χ1) is 9.79. The van der Waals surface area contributed by atoms with Crippen molar-refractivity contribution in [1.82, 2.24) is 15.0 Å². The zero-order chi connectivity index (χ0) is 15.6. The molecule has 0 spiro atoms. The van der Waals surface area contributed by atoms with Gasteiger partial charge in [-0.15, -0.1) is 0 Å². The van der Waals surface area contributed by atoms with Crippen molar-refractivity contribution in [3.8, 4) is 11.5 Å². The minimum absolute atomic E-state index is 0.152. The molecule has 1 atom stereocenters. The maximum atomic E-state index is 13.0. The number of benzene rings is 1. The van der Waals surface area contributed by atoms with Gasteiger partial charge in [-0.3, -0.25) is 0 Å². The number of likely N-dealkylation sites (N-methyl/N-ethyl adjacent to an activating group) is 1. The van der Waals surface area contributed by atoms with Crippen LogP contribution in [0, 0.1) is 0 Å². The van der Waals surface area contributed by atoms with Gasteiger partial charge in [0.05, 0.1) is 17.2 Å². The number of aromatic nitrogens is 2. The number of nitrogens with zero attached hydrogens (tertiary/aromatic N) is 3. The molecule has 5 nitrogen and oxygen atoms in total. The second-order valence-electron chi connectivity index (χ2n) is 4.87. The third-order valence-corrected chi connectivity index (χ3v) is 2.80. The lowest BCUT2D eigenvalue weighted by Crippen LogP contribution is -2.26. The van der Waals surface area contributed by atoms with Crippen LogP contribution in [0.4, 0.5) is 13.2 Å². The normalized spacial score (nSPS) is 13.7. The summed E-state index contributed by atoms with van der Waals surface area (Å²) < 4.78 is 43.8. The molecule has 1 heterocycles. The second kappa shape index (κ2) is 5.82. The van der Waals surface area contributed by atoms with Crippen LogP contribution >= 0.6 is 0 Å². The van der Waals surface area contributed by atoms with Crippen molar-refractivity contribution in [3.05, 3.63) is 35.7 Å². The summed E-state index contributed by atoms with van der Waals surface area (Å²) in [6, 6.07) is 4.52. The molecule has 1 aromatic heterocycles. The van der Waals surface area contributed by atoms with E-state index in [-0.39, 0.29) is 17.3 Å². The Kier molecular flexibility index (Phi) is 4.29. The van der Waals surface area contributed by atoms with E-state index in [0.717, 1.165) is 6.07 Å². The average Bonchev–Trinajstić information content (AvgIpc) is 2.86. The van der Waals surface area contributed by atoms with E-state index in [1.807, 2.05) is 19.0 Å². The Balaban J connectivity index is 2.35. The van der Waals surface area contributed by atoms with Crippen LogP contribution < -0.4 is 5.73 Å². The summed E-state index contributed by atoms with van der Waals surface area (Å²) in [5, 5.41) is 3.66. The molecule has 8 heteroatoms. The minimum atomic E-state index is -4.49. The molecule has 0 aliphatic heterocycles. The Morgan fingerprint density at radius 2 is 1.95 bits per heavy atom. The minimum Gasteiger partial charge on any atom is -0.334 e. The molecule has 114 valence electrons. The van der Waals surface area contributed by atoms with Gasteiger partial charge in [0.1, 0.15) is 0 Å². The van der Waals surface area contributed by atoms with Gasteiger partial charge in [0.15, 0.2) is 5.82 Å². The van der Waals surface area contributed by atoms with Crippen molar-refractivity contribution in [2.75, 3.05) is 20.6 Å². The van der Waals surface area contributed by atoms with E-state index in [1.165, 1.54) is 18.2 Å². The zero-order valence-corrected chi connectivity index (χ0v) is 11.6. The lowest BCUT2D eigenvalue weighted by atomic mass is 10.1. The molecule has 1 aromatic carbocycles. The van der Waals surface area contributed by atoms with Gasteiger partial charge in [-0.2, -0.15) is 18.2 Å². The highest BCUT2D eigenvalue weighted by atomic mass is 19.4. The molecule has 2 aromatic rings. The molecule has 0 aliphatic rings. The number of halogens is 3. The quantitative estimate of drug-likeness (QED) is 0.938. The first-order valence-electron chi connectivity index (χ1n) is 6.19. The summed E-state index contributed by atoms with van der Waals surface area (Å²) in [5.41, 5.74) is 4.89. The third kappa shape index (κ3) is 3.59. The van der Waals surface area contributed by atoms with E-state index in [0.29, 0.717) is 6.54 Å². The van der Waals surface area contributed by atoms with Crippen LogP contribution in [0.2, 0.25) is 0 Å². The number of nitrogens with two attached hydrogens (primary N) is 1. The van der Waals surface area contributed by atoms with Crippen LogP contribution in [0.5, 0.6) is 0 Å². The van der Waals surface area contributed by atoms with Crippen molar-refractivity contribution in [3.63, 3.8) is 0 Å². The number of rotatable bonds is 4. The topological polar surface area (TPSA) is 68.2 Å². The SMILES string of the molecule is CN(C)CC(N)c1noc(-c2ccccc2C(F)(F)F)n1. The largest absolute Gasteiger partial charge is 0.417 e. The fourth-order valence-corrected chi connectivity index (χ4v) is 1.89. The summed E-state index contributed by atoms with van der Waals surface area (Å²) in [7, 11) is 3.64. The molecule has 0 aliphatic carbocycles. The molecule has 2 rings (SSSR count). The Labute approximate surface area is 119 Å². The first kappa shape index (κ1) is 15.5. The summed E-state index contributed by atoms with van der Waals surface area (Å²) in [6.45, 7) is 0.458. The zero-order valence-electron chi connectivity index (χ0n) is 11.6. The highest BCUT2D eigenvalue weighted by Gasteiger charge is 2.35. The van der Waals surface area contributed by atoms with Crippen LogP contribution in [-0.4, -0.2) is 35.7 Å². The highest BCUT2D eigenvalue weighted by Crippen LogP contribution is 2.36. The monoisotopic (exact) mass is 300 g/mol. The summed E-state index contributed by atoms with van der Waals surface area (Å²) in [4.78, 5) is 5.80. The van der Waals surface area contributed by atoms with Crippen LogP contribution in [-0.2, 0) is 6.18 Å². The van der Waals surface area contributed by atoms with Gasteiger partial charge in [0.2, 0.25) is 0 Å². The number of hydrogen-bond acceptors (Lipinski definition) is 5. The van der Waals surface area contributed by atoms with E-state index in [9.17, 15) is 13.2 Å². The van der Waals surface area contributed by atoms with E-state index in [4.69, 9.17) is 10.3 Å². The Morgan fingerprint density at radius 3 is 2.57 bits per heavy atom. The molecule has 0 radical (unpaired) electrons. The van der Waals surface area contributed by atoms with Gasteiger partial charge < -0.3 is 15.2 Å². The van der Waals surface area contributed by atoms with E-state index in [2.05, 4.69) is 10.1 Å². The predicted octanol–water partition coefficient (Wildman–Crippen LogP) is 2.32. The molecule has 0 bridgehead atoms. The van der Waals surface area contributed by atoms with Crippen LogP contribution in [0.15, 0.2) is 28.8 Å². The van der Waals surface area contributed by atoms with Crippen molar-refractivity contribution in [2.45, 2.75) is 12.2 Å². The van der Waals surface area contributed by atoms with E-state index in [1.54, 1.807) is 0 Å². The van der Waals surface area contributed by atoms with Crippen molar-refractivity contribution >= 4 is 0 Å². The second-order valence-corrected chi connectivity index (χ2v) is 4.87. The van der Waals surface area contributed by atoms with Gasteiger partial charge in [-0.25, -0.2) is 0 Å². The molecule has 21 heavy (non-hydrogen) atoms. The number of alkyl halides is 3. The first-order valence-corrected chi connectivity index (χ1v) is 6.19. The lowest BCUT2D eigenvalue weighted by Gasteiger charge is -2.13.